The Kier molecular flexibility index (Phi) is 6.04. The van der Waals surface area contributed by atoms with Gasteiger partial charge in [-0.25, -0.2) is 12.8 Å². The maximum absolute atomic E-state index is 14.7. The molecule has 8 nitrogen and oxygen atoms in total. The molecule has 1 saturated carbocycles. The fourth-order valence-electron chi connectivity index (χ4n) is 4.03. The van der Waals surface area contributed by atoms with Gasteiger partial charge >= 0.3 is 0 Å². The minimum absolute atomic E-state index is 0.0583. The minimum Gasteiger partial charge on any atom is -0.492 e. The lowest BCUT2D eigenvalue weighted by Gasteiger charge is -2.28. The molecule has 1 fully saturated rings. The molecule has 2 amide bonds. The van der Waals surface area contributed by atoms with E-state index < -0.39 is 27.6 Å². The summed E-state index contributed by atoms with van der Waals surface area (Å²) in [5.74, 6) is -1.42. The first kappa shape index (κ1) is 23.0. The maximum Gasteiger partial charge on any atom is 0.257 e. The lowest BCUT2D eigenvalue weighted by atomic mass is 10.1. The number of fused-ring (bicyclic) bond motifs is 1. The smallest absolute Gasteiger partial charge is 0.257 e. The molecule has 2 aromatic rings. The molecule has 176 valence electrons. The number of hydrogen-bond acceptors (Lipinski definition) is 6. The van der Waals surface area contributed by atoms with Gasteiger partial charge in [0.15, 0.2) is 0 Å². The van der Waals surface area contributed by atoms with Crippen molar-refractivity contribution >= 4 is 33.0 Å². The molecule has 1 aliphatic carbocycles. The lowest BCUT2D eigenvalue weighted by Crippen LogP contribution is -2.34. The Morgan fingerprint density at radius 1 is 1.30 bits per heavy atom. The Morgan fingerprint density at radius 2 is 2.03 bits per heavy atom. The lowest BCUT2D eigenvalue weighted by molar-refractivity contribution is -0.117. The van der Waals surface area contributed by atoms with Gasteiger partial charge < -0.3 is 20.7 Å². The van der Waals surface area contributed by atoms with Gasteiger partial charge in [0.25, 0.3) is 5.91 Å². The summed E-state index contributed by atoms with van der Waals surface area (Å²) < 4.78 is 44.8. The largest absolute Gasteiger partial charge is 0.492 e. The number of carbonyl (C=O) groups is 2. The van der Waals surface area contributed by atoms with Crippen molar-refractivity contribution in [3.8, 4) is 5.75 Å². The van der Waals surface area contributed by atoms with Crippen LogP contribution in [-0.4, -0.2) is 43.7 Å². The minimum atomic E-state index is -3.53. The third kappa shape index (κ3) is 4.80. The highest BCUT2D eigenvalue weighted by molar-refractivity contribution is 7.90. The molecule has 1 heterocycles. The van der Waals surface area contributed by atoms with E-state index in [0.717, 1.165) is 19.1 Å². The molecule has 0 saturated heterocycles. The van der Waals surface area contributed by atoms with Gasteiger partial charge in [-0.15, -0.1) is 0 Å². The third-order valence-electron chi connectivity index (χ3n) is 5.82. The number of amides is 2. The number of sulfone groups is 1. The standard InChI is InChI=1S/C23H26FN3O5S/c1-3-32-20-10-14(6-8-17(20)25)19(12-33(2,30)31)27-11-15-16(24)7-9-18(21(15)23(27)29)26-22(28)13-4-5-13/h6-10,13,19H,3-5,11-12,25H2,1-2H3,(H,26,28). The summed E-state index contributed by atoms with van der Waals surface area (Å²) in [6, 6.07) is 6.52. The molecule has 1 aliphatic heterocycles. The van der Waals surface area contributed by atoms with Crippen LogP contribution in [0.15, 0.2) is 30.3 Å². The highest BCUT2D eigenvalue weighted by atomic mass is 32.2. The van der Waals surface area contributed by atoms with E-state index in [4.69, 9.17) is 10.5 Å². The number of hydrogen-bond donors (Lipinski definition) is 2. The molecular weight excluding hydrogens is 449 g/mol. The highest BCUT2D eigenvalue weighted by Crippen LogP contribution is 2.39. The predicted molar refractivity (Wildman–Crippen MR) is 122 cm³/mol. The van der Waals surface area contributed by atoms with Crippen LogP contribution in [0.1, 0.15) is 47.3 Å². The zero-order valence-electron chi connectivity index (χ0n) is 18.4. The van der Waals surface area contributed by atoms with Crippen LogP contribution in [0.25, 0.3) is 0 Å². The molecule has 4 rings (SSSR count). The van der Waals surface area contributed by atoms with Crippen LogP contribution in [0.4, 0.5) is 15.8 Å². The summed E-state index contributed by atoms with van der Waals surface area (Å²) in [4.78, 5) is 27.1. The molecule has 1 atom stereocenters. The highest BCUT2D eigenvalue weighted by Gasteiger charge is 2.39. The summed E-state index contributed by atoms with van der Waals surface area (Å²) in [7, 11) is -3.53. The van der Waals surface area contributed by atoms with Crippen molar-refractivity contribution in [3.63, 3.8) is 0 Å². The number of nitrogens with one attached hydrogen (secondary N) is 1. The van der Waals surface area contributed by atoms with Gasteiger partial charge in [-0.05, 0) is 49.6 Å². The fourth-order valence-corrected chi connectivity index (χ4v) is 4.98. The van der Waals surface area contributed by atoms with Crippen molar-refractivity contribution in [1.29, 1.82) is 0 Å². The Hall–Kier alpha value is -3.14. The van der Waals surface area contributed by atoms with Crippen LogP contribution in [0.3, 0.4) is 0 Å². The van der Waals surface area contributed by atoms with Crippen LogP contribution in [-0.2, 0) is 21.2 Å². The van der Waals surface area contributed by atoms with Crippen LogP contribution in [0.5, 0.6) is 5.75 Å². The molecular formula is C23H26FN3O5S. The van der Waals surface area contributed by atoms with Crippen molar-refractivity contribution in [2.24, 2.45) is 5.92 Å². The normalized spacial score (nSPS) is 16.5. The molecule has 2 aliphatic rings. The first-order chi connectivity index (χ1) is 15.6. The summed E-state index contributed by atoms with van der Waals surface area (Å²) in [5.41, 5.74) is 7.27. The molecule has 0 aromatic heterocycles. The monoisotopic (exact) mass is 475 g/mol. The molecule has 2 aromatic carbocycles. The van der Waals surface area contributed by atoms with Crippen LogP contribution < -0.4 is 15.8 Å². The van der Waals surface area contributed by atoms with E-state index in [9.17, 15) is 22.4 Å². The molecule has 0 spiro atoms. The van der Waals surface area contributed by atoms with Gasteiger partial charge in [0.2, 0.25) is 5.91 Å². The van der Waals surface area contributed by atoms with Gasteiger partial charge in [0.05, 0.1) is 41.9 Å². The Bertz CT molecular complexity index is 1230. The molecule has 3 N–H and O–H groups in total. The quantitative estimate of drug-likeness (QED) is 0.567. The predicted octanol–water partition coefficient (Wildman–Crippen LogP) is 2.90. The summed E-state index contributed by atoms with van der Waals surface area (Å²) >= 11 is 0. The van der Waals surface area contributed by atoms with Gasteiger partial charge in [0, 0.05) is 17.7 Å². The average molecular weight is 476 g/mol. The van der Waals surface area contributed by atoms with Gasteiger partial charge in [0.1, 0.15) is 21.4 Å². The molecule has 10 heteroatoms. The zero-order chi connectivity index (χ0) is 23.9. The van der Waals surface area contributed by atoms with E-state index in [-0.39, 0.29) is 40.9 Å². The van der Waals surface area contributed by atoms with Crippen molar-refractivity contribution in [1.82, 2.24) is 4.90 Å². The Morgan fingerprint density at radius 3 is 2.67 bits per heavy atom. The molecule has 33 heavy (non-hydrogen) atoms. The number of rotatable bonds is 8. The Labute approximate surface area is 191 Å². The summed E-state index contributed by atoms with van der Waals surface area (Å²) in [6.45, 7) is 2.02. The van der Waals surface area contributed by atoms with Crippen molar-refractivity contribution < 1.29 is 27.1 Å². The van der Waals surface area contributed by atoms with Crippen LogP contribution in [0, 0.1) is 11.7 Å². The number of halogens is 1. The van der Waals surface area contributed by atoms with Gasteiger partial charge in [-0.2, -0.15) is 0 Å². The number of benzene rings is 2. The van der Waals surface area contributed by atoms with Gasteiger partial charge in [-0.1, -0.05) is 6.07 Å². The van der Waals surface area contributed by atoms with Crippen LogP contribution in [0.2, 0.25) is 0 Å². The molecule has 1 unspecified atom stereocenters. The van der Waals surface area contributed by atoms with Crippen molar-refractivity contribution in [2.45, 2.75) is 32.4 Å². The number of anilines is 2. The van der Waals surface area contributed by atoms with Crippen molar-refractivity contribution in [2.75, 3.05) is 29.7 Å². The van der Waals surface area contributed by atoms with Crippen LogP contribution >= 0.6 is 0 Å². The zero-order valence-corrected chi connectivity index (χ0v) is 19.2. The number of carbonyl (C=O) groups excluding carboxylic acids is 2. The van der Waals surface area contributed by atoms with E-state index in [1.165, 1.54) is 17.0 Å². The van der Waals surface area contributed by atoms with Crippen molar-refractivity contribution in [3.05, 3.63) is 52.8 Å². The van der Waals surface area contributed by atoms with Gasteiger partial charge in [-0.3, -0.25) is 9.59 Å². The number of nitrogens with zero attached hydrogens (tertiary/aromatic N) is 1. The first-order valence-corrected chi connectivity index (χ1v) is 12.8. The second-order valence-electron chi connectivity index (χ2n) is 8.48. The van der Waals surface area contributed by atoms with E-state index >= 15 is 0 Å². The van der Waals surface area contributed by atoms with E-state index in [2.05, 4.69) is 5.32 Å². The molecule has 0 radical (unpaired) electrons. The number of nitrogens with two attached hydrogens (primary N) is 1. The Balaban J connectivity index is 1.74. The maximum atomic E-state index is 14.7. The van der Waals surface area contributed by atoms with E-state index in [1.807, 2.05) is 0 Å². The number of nitrogen functional groups attached to an aromatic ring is 1. The number of ether oxygens (including phenoxy) is 1. The SMILES string of the molecule is CCOc1cc(C(CS(C)(=O)=O)N2Cc3c(F)ccc(NC(=O)C4CC4)c3C2=O)ccc1N. The van der Waals surface area contributed by atoms with E-state index in [0.29, 0.717) is 23.6 Å². The van der Waals surface area contributed by atoms with E-state index in [1.54, 1.807) is 25.1 Å². The summed E-state index contributed by atoms with van der Waals surface area (Å²) in [6.07, 6.45) is 2.65. The average Bonchev–Trinajstić information content (AvgIpc) is 3.53. The second kappa shape index (κ2) is 8.66. The second-order valence-corrected chi connectivity index (χ2v) is 10.7. The topological polar surface area (TPSA) is 119 Å². The fraction of sp³-hybridized carbons (Fsp3) is 0.391. The molecule has 0 bridgehead atoms. The first-order valence-electron chi connectivity index (χ1n) is 10.7. The summed E-state index contributed by atoms with van der Waals surface area (Å²) in [5, 5.41) is 2.73. The third-order valence-corrected chi connectivity index (χ3v) is 6.75.